The van der Waals surface area contributed by atoms with Crippen LogP contribution in [-0.4, -0.2) is 13.8 Å². The highest BCUT2D eigenvalue weighted by Crippen LogP contribution is 2.21. The van der Waals surface area contributed by atoms with Gasteiger partial charge in [0.05, 0.1) is 13.8 Å². The van der Waals surface area contributed by atoms with Crippen molar-refractivity contribution >= 4 is 8.07 Å². The first-order chi connectivity index (χ1) is 6.41. The molecule has 0 saturated carbocycles. The summed E-state index contributed by atoms with van der Waals surface area (Å²) in [7, 11) is -1.19. The standard InChI is InChI=1S/C12H20OSi/c1-10-8-6-7-9-12(10)13-11(2)14(3,4)5/h6-9,11H,1-5H3. The van der Waals surface area contributed by atoms with E-state index in [0.29, 0.717) is 5.73 Å². The molecule has 14 heavy (non-hydrogen) atoms. The van der Waals surface area contributed by atoms with Gasteiger partial charge in [-0.3, -0.25) is 0 Å². The quantitative estimate of drug-likeness (QED) is 0.689. The molecule has 0 spiro atoms. The molecule has 2 heteroatoms. The molecule has 0 saturated heterocycles. The van der Waals surface area contributed by atoms with Gasteiger partial charge in [0.2, 0.25) is 0 Å². The average Bonchev–Trinajstić information content (AvgIpc) is 2.07. The van der Waals surface area contributed by atoms with Crippen molar-refractivity contribution in [3.05, 3.63) is 29.8 Å². The third-order valence-corrected chi connectivity index (χ3v) is 5.17. The molecule has 0 bridgehead atoms. The van der Waals surface area contributed by atoms with Crippen molar-refractivity contribution in [3.63, 3.8) is 0 Å². The predicted octanol–water partition coefficient (Wildman–Crippen LogP) is 3.64. The summed E-state index contributed by atoms with van der Waals surface area (Å²) in [5.41, 5.74) is 1.58. The number of hydrogen-bond acceptors (Lipinski definition) is 1. The van der Waals surface area contributed by atoms with Crippen LogP contribution in [0.4, 0.5) is 0 Å². The van der Waals surface area contributed by atoms with E-state index >= 15 is 0 Å². The Hall–Kier alpha value is -0.763. The fourth-order valence-corrected chi connectivity index (χ4v) is 1.54. The van der Waals surface area contributed by atoms with Crippen molar-refractivity contribution in [2.45, 2.75) is 39.2 Å². The summed E-state index contributed by atoms with van der Waals surface area (Å²) in [5, 5.41) is 0. The second-order valence-electron chi connectivity index (χ2n) is 4.89. The highest BCUT2D eigenvalue weighted by atomic mass is 28.3. The first-order valence-corrected chi connectivity index (χ1v) is 8.71. The molecule has 1 rings (SSSR count). The number of ether oxygens (including phenoxy) is 1. The lowest BCUT2D eigenvalue weighted by Crippen LogP contribution is -2.40. The van der Waals surface area contributed by atoms with Crippen molar-refractivity contribution in [3.8, 4) is 5.75 Å². The Morgan fingerprint density at radius 1 is 1.14 bits per heavy atom. The summed E-state index contributed by atoms with van der Waals surface area (Å²) < 4.78 is 5.97. The molecule has 0 aromatic heterocycles. The SMILES string of the molecule is Cc1ccccc1OC(C)[Si](C)(C)C. The Labute approximate surface area is 88.1 Å². The Kier molecular flexibility index (Phi) is 3.37. The lowest BCUT2D eigenvalue weighted by atomic mass is 10.2. The van der Waals surface area contributed by atoms with E-state index in [4.69, 9.17) is 4.74 Å². The van der Waals surface area contributed by atoms with Crippen LogP contribution in [0.5, 0.6) is 5.75 Å². The molecule has 1 aromatic carbocycles. The molecule has 1 atom stereocenters. The molecule has 0 radical (unpaired) electrons. The van der Waals surface area contributed by atoms with Gasteiger partial charge in [-0.25, -0.2) is 0 Å². The van der Waals surface area contributed by atoms with Crippen LogP contribution in [0.1, 0.15) is 12.5 Å². The maximum absolute atomic E-state index is 5.97. The largest absolute Gasteiger partial charge is 0.494 e. The Balaban J connectivity index is 2.75. The minimum absolute atomic E-state index is 0.364. The molecular weight excluding hydrogens is 188 g/mol. The van der Waals surface area contributed by atoms with Crippen LogP contribution in [0.25, 0.3) is 0 Å². The van der Waals surface area contributed by atoms with Gasteiger partial charge >= 0.3 is 0 Å². The van der Waals surface area contributed by atoms with E-state index in [1.165, 1.54) is 5.56 Å². The lowest BCUT2D eigenvalue weighted by Gasteiger charge is -2.26. The van der Waals surface area contributed by atoms with Gasteiger partial charge in [-0.2, -0.15) is 0 Å². The average molecular weight is 208 g/mol. The monoisotopic (exact) mass is 208 g/mol. The van der Waals surface area contributed by atoms with Gasteiger partial charge in [0.1, 0.15) is 5.75 Å². The van der Waals surface area contributed by atoms with Crippen molar-refractivity contribution in [1.29, 1.82) is 0 Å². The van der Waals surface area contributed by atoms with E-state index in [0.717, 1.165) is 5.75 Å². The zero-order chi connectivity index (χ0) is 10.8. The minimum Gasteiger partial charge on any atom is -0.494 e. The fourth-order valence-electron chi connectivity index (χ4n) is 1.06. The second kappa shape index (κ2) is 4.18. The number of hydrogen-bond donors (Lipinski definition) is 0. The molecule has 0 aliphatic carbocycles. The molecule has 0 heterocycles. The maximum Gasteiger partial charge on any atom is 0.122 e. The van der Waals surface area contributed by atoms with Gasteiger partial charge < -0.3 is 4.74 Å². The summed E-state index contributed by atoms with van der Waals surface area (Å²) in [6.45, 7) is 11.3. The molecule has 1 nitrogen and oxygen atoms in total. The van der Waals surface area contributed by atoms with Gasteiger partial charge in [-0.1, -0.05) is 37.8 Å². The molecule has 0 N–H and O–H groups in total. The normalized spacial score (nSPS) is 13.8. The van der Waals surface area contributed by atoms with Gasteiger partial charge in [-0.15, -0.1) is 0 Å². The number of rotatable bonds is 3. The lowest BCUT2D eigenvalue weighted by molar-refractivity contribution is 0.287. The van der Waals surface area contributed by atoms with E-state index in [9.17, 15) is 0 Å². The topological polar surface area (TPSA) is 9.23 Å². The second-order valence-corrected chi connectivity index (χ2v) is 10.4. The van der Waals surface area contributed by atoms with Crippen LogP contribution in [-0.2, 0) is 0 Å². The van der Waals surface area contributed by atoms with Crippen LogP contribution in [0.15, 0.2) is 24.3 Å². The molecule has 78 valence electrons. The molecule has 0 aliphatic rings. The summed E-state index contributed by atoms with van der Waals surface area (Å²) in [6.07, 6.45) is 0. The molecule has 0 amide bonds. The molecule has 1 unspecified atom stereocenters. The Morgan fingerprint density at radius 2 is 1.71 bits per heavy atom. The van der Waals surface area contributed by atoms with Crippen LogP contribution in [0.3, 0.4) is 0 Å². The van der Waals surface area contributed by atoms with Gasteiger partial charge in [0.25, 0.3) is 0 Å². The zero-order valence-corrected chi connectivity index (χ0v) is 10.8. The summed E-state index contributed by atoms with van der Waals surface area (Å²) >= 11 is 0. The van der Waals surface area contributed by atoms with Crippen molar-refractivity contribution in [2.75, 3.05) is 0 Å². The first-order valence-electron chi connectivity index (χ1n) is 5.13. The van der Waals surface area contributed by atoms with E-state index in [2.05, 4.69) is 39.6 Å². The molecule has 0 fully saturated rings. The van der Waals surface area contributed by atoms with Crippen molar-refractivity contribution < 1.29 is 4.74 Å². The molecule has 0 aliphatic heterocycles. The van der Waals surface area contributed by atoms with Gasteiger partial charge in [0.15, 0.2) is 0 Å². The van der Waals surface area contributed by atoms with Crippen LogP contribution in [0.2, 0.25) is 19.6 Å². The smallest absolute Gasteiger partial charge is 0.122 e. The summed E-state index contributed by atoms with van der Waals surface area (Å²) in [6, 6.07) is 8.21. The van der Waals surface area contributed by atoms with Crippen LogP contribution >= 0.6 is 0 Å². The first kappa shape index (κ1) is 11.3. The highest BCUT2D eigenvalue weighted by molar-refractivity contribution is 6.77. The van der Waals surface area contributed by atoms with Gasteiger partial charge in [-0.05, 0) is 25.5 Å². The molecule has 1 aromatic rings. The third kappa shape index (κ3) is 2.88. The number of aryl methyl sites for hydroxylation is 1. The number of benzene rings is 1. The van der Waals surface area contributed by atoms with E-state index in [-0.39, 0.29) is 0 Å². The van der Waals surface area contributed by atoms with Gasteiger partial charge in [0, 0.05) is 0 Å². The number of para-hydroxylation sites is 1. The summed E-state index contributed by atoms with van der Waals surface area (Å²) in [4.78, 5) is 0. The van der Waals surface area contributed by atoms with E-state index in [1.54, 1.807) is 0 Å². The maximum atomic E-state index is 5.97. The van der Waals surface area contributed by atoms with E-state index in [1.807, 2.05) is 18.2 Å². The molecular formula is C12H20OSi. The van der Waals surface area contributed by atoms with E-state index < -0.39 is 8.07 Å². The summed E-state index contributed by atoms with van der Waals surface area (Å²) in [5.74, 6) is 1.03. The van der Waals surface area contributed by atoms with Crippen molar-refractivity contribution in [1.82, 2.24) is 0 Å². The fraction of sp³-hybridized carbons (Fsp3) is 0.500. The predicted molar refractivity (Wildman–Crippen MR) is 64.6 cm³/mol. The van der Waals surface area contributed by atoms with Crippen LogP contribution in [0, 0.1) is 6.92 Å². The highest BCUT2D eigenvalue weighted by Gasteiger charge is 2.24. The minimum atomic E-state index is -1.19. The van der Waals surface area contributed by atoms with Crippen LogP contribution < -0.4 is 4.74 Å². The Morgan fingerprint density at radius 3 is 2.21 bits per heavy atom. The van der Waals surface area contributed by atoms with Crippen molar-refractivity contribution in [2.24, 2.45) is 0 Å². The Bertz CT molecular complexity index is 301. The zero-order valence-electron chi connectivity index (χ0n) is 9.79. The third-order valence-electron chi connectivity index (χ3n) is 2.62.